The van der Waals surface area contributed by atoms with Gasteiger partial charge in [0.05, 0.1) is 13.4 Å². The average Bonchev–Trinajstić information content (AvgIpc) is 2.35. The van der Waals surface area contributed by atoms with Gasteiger partial charge in [-0.05, 0) is 23.1 Å². The maximum absolute atomic E-state index is 4.98. The van der Waals surface area contributed by atoms with Gasteiger partial charge in [0.2, 0.25) is 0 Å². The Hall–Kier alpha value is -1.96. The second-order valence-corrected chi connectivity index (χ2v) is 4.15. The first-order valence-corrected chi connectivity index (χ1v) is 5.62. The molecule has 0 bridgehead atoms. The summed E-state index contributed by atoms with van der Waals surface area (Å²) in [5.74, 6) is 0. The summed E-state index contributed by atoms with van der Waals surface area (Å²) in [5.41, 5.74) is 2.41. The minimum atomic E-state index is 1.17. The van der Waals surface area contributed by atoms with E-state index in [0.717, 1.165) is 0 Å². The summed E-state index contributed by atoms with van der Waals surface area (Å²) < 4.78 is 4.98. The van der Waals surface area contributed by atoms with Crippen molar-refractivity contribution in [3.05, 3.63) is 48.2 Å². The Morgan fingerprint density at radius 1 is 1.00 bits per heavy atom. The Balaban J connectivity index is 2.66. The summed E-state index contributed by atoms with van der Waals surface area (Å²) in [6, 6.07) is 12.7. The molecule has 2 aromatic carbocycles. The largest absolute Gasteiger partial charge is 0.504 e. The van der Waals surface area contributed by atoms with Crippen LogP contribution < -0.4 is 4.90 Å². The van der Waals surface area contributed by atoms with Crippen LogP contribution in [0.1, 0.15) is 5.56 Å². The van der Waals surface area contributed by atoms with E-state index >= 15 is 0 Å². The number of methoxy groups -OCH3 is 1. The smallest absolute Gasteiger partial charge is 0.0830 e. The number of anilines is 1. The summed E-state index contributed by atoms with van der Waals surface area (Å²) in [5, 5.41) is 2.50. The van der Waals surface area contributed by atoms with E-state index in [9.17, 15) is 0 Å². The molecule has 2 nitrogen and oxygen atoms in total. The van der Waals surface area contributed by atoms with E-state index in [-0.39, 0.29) is 0 Å². The Labute approximate surface area is 102 Å². The van der Waals surface area contributed by atoms with Gasteiger partial charge in [-0.2, -0.15) is 0 Å². The van der Waals surface area contributed by atoms with Crippen LogP contribution >= 0.6 is 0 Å². The molecule has 0 spiro atoms. The molecule has 0 saturated heterocycles. The Bertz CT molecular complexity index is 544. The molecule has 0 aliphatic carbocycles. The summed E-state index contributed by atoms with van der Waals surface area (Å²) in [7, 11) is 5.78. The molecule has 0 amide bonds. The Morgan fingerprint density at radius 2 is 1.71 bits per heavy atom. The molecule has 0 atom stereocenters. The van der Waals surface area contributed by atoms with Gasteiger partial charge in [0.1, 0.15) is 0 Å². The number of fused-ring (bicyclic) bond motifs is 1. The van der Waals surface area contributed by atoms with Crippen LogP contribution in [0.2, 0.25) is 0 Å². The maximum Gasteiger partial charge on any atom is 0.0830 e. The lowest BCUT2D eigenvalue weighted by atomic mass is 10.0. The van der Waals surface area contributed by atoms with Gasteiger partial charge in [-0.3, -0.25) is 0 Å². The third-order valence-corrected chi connectivity index (χ3v) is 2.80. The topological polar surface area (TPSA) is 12.5 Å². The molecule has 2 aromatic rings. The minimum absolute atomic E-state index is 1.17. The van der Waals surface area contributed by atoms with Crippen molar-refractivity contribution in [1.29, 1.82) is 0 Å². The molecule has 0 radical (unpaired) electrons. The fourth-order valence-corrected chi connectivity index (χ4v) is 1.98. The first-order valence-electron chi connectivity index (χ1n) is 5.62. The standard InChI is InChI=1S/C15H17NO/c1-16(2)15-9-8-12(10-11-17-3)13-6-4-5-7-14(13)15/h4-11H,1-3H3. The van der Waals surface area contributed by atoms with Gasteiger partial charge in [0, 0.05) is 25.2 Å². The Kier molecular flexibility index (Phi) is 3.33. The van der Waals surface area contributed by atoms with Crippen LogP contribution in [0.15, 0.2) is 42.7 Å². The molecule has 17 heavy (non-hydrogen) atoms. The van der Waals surface area contributed by atoms with Crippen molar-refractivity contribution in [2.45, 2.75) is 0 Å². The molecule has 0 fully saturated rings. The molecular formula is C15H17NO. The molecule has 0 aromatic heterocycles. The highest BCUT2D eigenvalue weighted by atomic mass is 16.5. The van der Waals surface area contributed by atoms with Crippen LogP contribution in [-0.4, -0.2) is 21.2 Å². The number of nitrogens with zero attached hydrogens (tertiary/aromatic N) is 1. The highest BCUT2D eigenvalue weighted by Crippen LogP contribution is 2.28. The van der Waals surface area contributed by atoms with Crippen molar-refractivity contribution < 1.29 is 4.74 Å². The molecule has 2 heteroatoms. The van der Waals surface area contributed by atoms with Gasteiger partial charge in [0.25, 0.3) is 0 Å². The number of hydrogen-bond donors (Lipinski definition) is 0. The van der Waals surface area contributed by atoms with Crippen molar-refractivity contribution >= 4 is 22.5 Å². The van der Waals surface area contributed by atoms with Crippen LogP contribution in [0.3, 0.4) is 0 Å². The predicted molar refractivity (Wildman–Crippen MR) is 74.3 cm³/mol. The molecule has 2 rings (SSSR count). The number of rotatable bonds is 3. The van der Waals surface area contributed by atoms with Crippen LogP contribution in [0.4, 0.5) is 5.69 Å². The zero-order chi connectivity index (χ0) is 12.3. The van der Waals surface area contributed by atoms with Crippen LogP contribution in [0.25, 0.3) is 16.8 Å². The molecule has 0 aliphatic rings. The molecule has 0 heterocycles. The third-order valence-electron chi connectivity index (χ3n) is 2.80. The minimum Gasteiger partial charge on any atom is -0.504 e. The van der Waals surface area contributed by atoms with Gasteiger partial charge in [-0.1, -0.05) is 30.3 Å². The second kappa shape index (κ2) is 4.91. The van der Waals surface area contributed by atoms with E-state index in [0.29, 0.717) is 0 Å². The quantitative estimate of drug-likeness (QED) is 0.744. The van der Waals surface area contributed by atoms with Crippen molar-refractivity contribution in [3.63, 3.8) is 0 Å². The molecule has 0 N–H and O–H groups in total. The SMILES string of the molecule is COC=Cc1ccc(N(C)C)c2ccccc12. The van der Waals surface area contributed by atoms with Crippen molar-refractivity contribution in [2.24, 2.45) is 0 Å². The van der Waals surface area contributed by atoms with E-state index in [4.69, 9.17) is 4.74 Å². The van der Waals surface area contributed by atoms with Crippen LogP contribution in [-0.2, 0) is 4.74 Å². The third kappa shape index (κ3) is 2.26. The normalized spacial score (nSPS) is 11.0. The van der Waals surface area contributed by atoms with Crippen LogP contribution in [0.5, 0.6) is 0 Å². The average molecular weight is 227 g/mol. The summed E-state index contributed by atoms with van der Waals surface area (Å²) in [6.07, 6.45) is 3.69. The first-order chi connectivity index (χ1) is 8.24. The Morgan fingerprint density at radius 3 is 2.35 bits per heavy atom. The summed E-state index contributed by atoms with van der Waals surface area (Å²) in [6.45, 7) is 0. The number of benzene rings is 2. The van der Waals surface area contributed by atoms with E-state index in [1.54, 1.807) is 13.4 Å². The van der Waals surface area contributed by atoms with Gasteiger partial charge >= 0.3 is 0 Å². The van der Waals surface area contributed by atoms with Gasteiger partial charge in [-0.25, -0.2) is 0 Å². The van der Waals surface area contributed by atoms with Crippen LogP contribution in [0, 0.1) is 0 Å². The van der Waals surface area contributed by atoms with Crippen molar-refractivity contribution in [1.82, 2.24) is 0 Å². The lowest BCUT2D eigenvalue weighted by molar-refractivity contribution is 0.341. The van der Waals surface area contributed by atoms with Crippen molar-refractivity contribution in [3.8, 4) is 0 Å². The lowest BCUT2D eigenvalue weighted by Gasteiger charge is -2.16. The predicted octanol–water partition coefficient (Wildman–Crippen LogP) is 3.52. The fraction of sp³-hybridized carbons (Fsp3) is 0.200. The lowest BCUT2D eigenvalue weighted by Crippen LogP contribution is -2.09. The maximum atomic E-state index is 4.98. The van der Waals surface area contributed by atoms with Crippen molar-refractivity contribution in [2.75, 3.05) is 26.1 Å². The van der Waals surface area contributed by atoms with E-state index in [2.05, 4.69) is 55.4 Å². The zero-order valence-corrected chi connectivity index (χ0v) is 10.5. The fourth-order valence-electron chi connectivity index (χ4n) is 1.98. The number of hydrogen-bond acceptors (Lipinski definition) is 2. The molecule has 0 saturated carbocycles. The molecule has 0 aliphatic heterocycles. The number of ether oxygens (including phenoxy) is 1. The summed E-state index contributed by atoms with van der Waals surface area (Å²) in [4.78, 5) is 2.13. The van der Waals surface area contributed by atoms with E-state index < -0.39 is 0 Å². The monoisotopic (exact) mass is 227 g/mol. The highest BCUT2D eigenvalue weighted by Gasteiger charge is 2.04. The summed E-state index contributed by atoms with van der Waals surface area (Å²) >= 11 is 0. The van der Waals surface area contributed by atoms with Gasteiger partial charge in [0.15, 0.2) is 0 Å². The van der Waals surface area contributed by atoms with E-state index in [1.807, 2.05) is 6.08 Å². The van der Waals surface area contributed by atoms with Gasteiger partial charge in [-0.15, -0.1) is 0 Å². The molecular weight excluding hydrogens is 210 g/mol. The molecule has 88 valence electrons. The zero-order valence-electron chi connectivity index (χ0n) is 10.5. The molecule has 0 unspecified atom stereocenters. The van der Waals surface area contributed by atoms with Gasteiger partial charge < -0.3 is 9.64 Å². The second-order valence-electron chi connectivity index (χ2n) is 4.15. The first kappa shape index (κ1) is 11.5. The van der Waals surface area contributed by atoms with E-state index in [1.165, 1.54) is 22.0 Å². The highest BCUT2D eigenvalue weighted by molar-refractivity contribution is 5.99.